The van der Waals surface area contributed by atoms with Crippen LogP contribution in [0.2, 0.25) is 0 Å². The van der Waals surface area contributed by atoms with Gasteiger partial charge in [-0.05, 0) is 49.1 Å². The molecule has 0 spiro atoms. The van der Waals surface area contributed by atoms with Gasteiger partial charge in [0.25, 0.3) is 5.92 Å². The van der Waals surface area contributed by atoms with Crippen LogP contribution in [-0.2, 0) is 14.3 Å². The van der Waals surface area contributed by atoms with E-state index in [9.17, 15) is 18.4 Å². The van der Waals surface area contributed by atoms with Gasteiger partial charge in [0.1, 0.15) is 11.9 Å². The average molecular weight is 576 g/mol. The topological polar surface area (TPSA) is 83.7 Å². The predicted octanol–water partition coefficient (Wildman–Crippen LogP) is 5.81. The van der Waals surface area contributed by atoms with Gasteiger partial charge >= 0.3 is 5.97 Å². The van der Waals surface area contributed by atoms with Crippen molar-refractivity contribution in [3.8, 4) is 5.75 Å². The summed E-state index contributed by atoms with van der Waals surface area (Å²) in [5, 5.41) is 4.33. The second-order valence-corrected chi connectivity index (χ2v) is 11.7. The number of methoxy groups -OCH3 is 1. The fourth-order valence-electron chi connectivity index (χ4n) is 6.85. The number of carbonyl (C=O) groups is 2. The molecular formula is C33H35F2N3O4. The van der Waals surface area contributed by atoms with E-state index in [4.69, 9.17) is 9.47 Å². The number of ketones is 1. The molecule has 1 aliphatic carbocycles. The van der Waals surface area contributed by atoms with Gasteiger partial charge in [-0.15, -0.1) is 0 Å². The molecule has 1 aromatic heterocycles. The number of hydrogen-bond donors (Lipinski definition) is 2. The molecule has 0 amide bonds. The van der Waals surface area contributed by atoms with Crippen LogP contribution >= 0.6 is 0 Å². The Morgan fingerprint density at radius 2 is 1.88 bits per heavy atom. The molecule has 6 rings (SSSR count). The number of ether oxygens (including phenoxy) is 2. The molecule has 2 aromatic carbocycles. The van der Waals surface area contributed by atoms with Crippen LogP contribution in [0.25, 0.3) is 10.9 Å². The third-order valence-electron chi connectivity index (χ3n) is 8.57. The molecule has 220 valence electrons. The van der Waals surface area contributed by atoms with Gasteiger partial charge in [0, 0.05) is 72.3 Å². The van der Waals surface area contributed by atoms with Crippen LogP contribution in [0, 0.1) is 0 Å². The number of likely N-dealkylation sites (tertiary alicyclic amines) is 1. The molecular weight excluding hydrogens is 540 g/mol. The maximum absolute atomic E-state index is 14.1. The lowest BCUT2D eigenvalue weighted by Gasteiger charge is -2.37. The molecule has 3 atom stereocenters. The number of dihydropyridines is 1. The standard InChI is InChI=1S/C33H35F2N3O4/c1-19-29(32(40)42-21-12-14-38(17-21)18-33(2,34)35)30(24-8-6-9-25-23(24)11-13-36-25)31-26(37-19)15-20(16-27(31)39)22-7-4-5-10-28(22)41-3/h4-11,13,20-21,30,36-37H,12,14-18H2,1-3H3/t20-,21+,30?/m1/s1. The maximum Gasteiger partial charge on any atom is 0.337 e. The summed E-state index contributed by atoms with van der Waals surface area (Å²) in [5.41, 5.74) is 5.10. The third-order valence-corrected chi connectivity index (χ3v) is 8.57. The minimum atomic E-state index is -2.82. The molecule has 9 heteroatoms. The number of H-pyrrole nitrogens is 1. The first-order valence-electron chi connectivity index (χ1n) is 14.4. The Bertz CT molecular complexity index is 1600. The second kappa shape index (κ2) is 11.0. The Balaban J connectivity index is 1.36. The number of alkyl halides is 2. The summed E-state index contributed by atoms with van der Waals surface area (Å²) in [5.74, 6) is -3.35. The molecule has 3 aromatic rings. The van der Waals surface area contributed by atoms with E-state index < -0.39 is 23.9 Å². The van der Waals surface area contributed by atoms with Crippen LogP contribution in [0.15, 0.2) is 77.3 Å². The van der Waals surface area contributed by atoms with Crippen LogP contribution in [0.5, 0.6) is 5.75 Å². The minimum Gasteiger partial charge on any atom is -0.496 e. The molecule has 0 radical (unpaired) electrons. The quantitative estimate of drug-likeness (QED) is 0.346. The van der Waals surface area contributed by atoms with E-state index in [0.717, 1.165) is 40.4 Å². The number of benzene rings is 2. The molecule has 3 aliphatic rings. The Hall–Kier alpha value is -3.98. The third kappa shape index (κ3) is 5.33. The van der Waals surface area contributed by atoms with Crippen molar-refractivity contribution in [1.29, 1.82) is 0 Å². The Morgan fingerprint density at radius 3 is 2.67 bits per heavy atom. The summed E-state index contributed by atoms with van der Waals surface area (Å²) in [6.07, 6.45) is 2.69. The number of esters is 1. The van der Waals surface area contributed by atoms with Crippen molar-refractivity contribution in [2.75, 3.05) is 26.7 Å². The number of fused-ring (bicyclic) bond motifs is 1. The zero-order valence-electron chi connectivity index (χ0n) is 24.0. The number of nitrogens with one attached hydrogen (secondary N) is 2. The monoisotopic (exact) mass is 575 g/mol. The Kier molecular flexibility index (Phi) is 7.39. The summed E-state index contributed by atoms with van der Waals surface area (Å²) in [6.45, 7) is 3.04. The Labute approximate surface area is 243 Å². The number of allylic oxidation sites excluding steroid dienone is 3. The van der Waals surface area contributed by atoms with Crippen LogP contribution in [0.4, 0.5) is 8.78 Å². The van der Waals surface area contributed by atoms with Crippen LogP contribution in [0.1, 0.15) is 56.1 Å². The number of nitrogens with zero attached hydrogens (tertiary/aromatic N) is 1. The van der Waals surface area contributed by atoms with Gasteiger partial charge in [-0.2, -0.15) is 0 Å². The number of Topliss-reactive ketones (excluding diaryl/α,β-unsaturated/α-hetero) is 1. The van der Waals surface area contributed by atoms with Crippen molar-refractivity contribution >= 4 is 22.7 Å². The van der Waals surface area contributed by atoms with Crippen molar-refractivity contribution in [3.63, 3.8) is 0 Å². The van der Waals surface area contributed by atoms with Gasteiger partial charge in [0.05, 0.1) is 19.2 Å². The SMILES string of the molecule is COc1ccccc1[C@H]1CC(=O)C2=C(C1)NC(C)=C(C(=O)O[C@H]1CCN(CC(C)(F)F)C1)C2c1cccc2[nH]ccc12. The van der Waals surface area contributed by atoms with Crippen molar-refractivity contribution in [3.05, 3.63) is 88.4 Å². The fourth-order valence-corrected chi connectivity index (χ4v) is 6.85. The summed E-state index contributed by atoms with van der Waals surface area (Å²) < 4.78 is 38.8. The highest BCUT2D eigenvalue weighted by molar-refractivity contribution is 6.05. The molecule has 1 saturated heterocycles. The van der Waals surface area contributed by atoms with Gasteiger partial charge < -0.3 is 19.8 Å². The summed E-state index contributed by atoms with van der Waals surface area (Å²) >= 11 is 0. The highest BCUT2D eigenvalue weighted by Crippen LogP contribution is 2.48. The molecule has 1 unspecified atom stereocenters. The molecule has 7 nitrogen and oxygen atoms in total. The minimum absolute atomic E-state index is 0.0350. The molecule has 2 N–H and O–H groups in total. The number of carbonyl (C=O) groups excluding carboxylic acids is 2. The summed E-state index contributed by atoms with van der Waals surface area (Å²) in [6, 6.07) is 15.5. The van der Waals surface area contributed by atoms with Crippen molar-refractivity contribution in [2.45, 2.75) is 57.0 Å². The first kappa shape index (κ1) is 28.2. The van der Waals surface area contributed by atoms with Gasteiger partial charge in [-0.1, -0.05) is 30.3 Å². The predicted molar refractivity (Wildman–Crippen MR) is 155 cm³/mol. The lowest BCUT2D eigenvalue weighted by atomic mass is 9.71. The van der Waals surface area contributed by atoms with E-state index in [2.05, 4.69) is 10.3 Å². The van der Waals surface area contributed by atoms with Gasteiger partial charge in [0.2, 0.25) is 0 Å². The van der Waals surface area contributed by atoms with E-state index in [-0.39, 0.29) is 31.2 Å². The number of halogens is 2. The van der Waals surface area contributed by atoms with Crippen molar-refractivity contribution in [1.82, 2.24) is 15.2 Å². The average Bonchev–Trinajstić information content (AvgIpc) is 3.60. The highest BCUT2D eigenvalue weighted by Gasteiger charge is 2.43. The van der Waals surface area contributed by atoms with E-state index in [1.54, 1.807) is 12.0 Å². The van der Waals surface area contributed by atoms with Crippen LogP contribution in [-0.4, -0.2) is 60.4 Å². The molecule has 3 heterocycles. The zero-order valence-corrected chi connectivity index (χ0v) is 24.0. The molecule has 1 fully saturated rings. The number of aromatic nitrogens is 1. The van der Waals surface area contributed by atoms with Crippen molar-refractivity contribution in [2.24, 2.45) is 0 Å². The van der Waals surface area contributed by atoms with Gasteiger partial charge in [-0.3, -0.25) is 9.69 Å². The first-order valence-corrected chi connectivity index (χ1v) is 14.4. The number of hydrogen-bond acceptors (Lipinski definition) is 6. The Morgan fingerprint density at radius 1 is 1.10 bits per heavy atom. The number of aromatic amines is 1. The number of rotatable bonds is 7. The zero-order chi connectivity index (χ0) is 29.6. The van der Waals surface area contributed by atoms with Crippen LogP contribution in [0.3, 0.4) is 0 Å². The molecule has 42 heavy (non-hydrogen) atoms. The van der Waals surface area contributed by atoms with E-state index >= 15 is 0 Å². The highest BCUT2D eigenvalue weighted by atomic mass is 19.3. The first-order chi connectivity index (χ1) is 20.1. The summed E-state index contributed by atoms with van der Waals surface area (Å²) in [4.78, 5) is 32.8. The van der Waals surface area contributed by atoms with Gasteiger partial charge in [0.15, 0.2) is 5.78 Å². The van der Waals surface area contributed by atoms with E-state index in [0.29, 0.717) is 36.2 Å². The number of para-hydroxylation sites is 1. The summed E-state index contributed by atoms with van der Waals surface area (Å²) in [7, 11) is 1.63. The van der Waals surface area contributed by atoms with Gasteiger partial charge in [-0.25, -0.2) is 13.6 Å². The maximum atomic E-state index is 14.1. The normalized spacial score (nSPS) is 23.3. The van der Waals surface area contributed by atoms with E-state index in [1.165, 1.54) is 0 Å². The lowest BCUT2D eigenvalue weighted by Crippen LogP contribution is -2.37. The second-order valence-electron chi connectivity index (χ2n) is 11.7. The van der Waals surface area contributed by atoms with E-state index in [1.807, 2.05) is 61.7 Å². The van der Waals surface area contributed by atoms with Crippen LogP contribution < -0.4 is 10.1 Å². The molecule has 2 aliphatic heterocycles. The lowest BCUT2D eigenvalue weighted by molar-refractivity contribution is -0.144. The fraction of sp³-hybridized carbons (Fsp3) is 0.394. The molecule has 0 bridgehead atoms. The van der Waals surface area contributed by atoms with Crippen molar-refractivity contribution < 1.29 is 27.8 Å². The smallest absolute Gasteiger partial charge is 0.337 e. The largest absolute Gasteiger partial charge is 0.496 e. The molecule has 0 saturated carbocycles.